The summed E-state index contributed by atoms with van der Waals surface area (Å²) in [7, 11) is -3.36. The van der Waals surface area contributed by atoms with Gasteiger partial charge >= 0.3 is 0 Å². The minimum Gasteiger partial charge on any atom is -0.346 e. The number of aromatic amines is 1. The summed E-state index contributed by atoms with van der Waals surface area (Å²) >= 11 is 1.13. The van der Waals surface area contributed by atoms with Crippen molar-refractivity contribution in [1.82, 2.24) is 25.5 Å². The fourth-order valence-electron chi connectivity index (χ4n) is 1.54. The van der Waals surface area contributed by atoms with E-state index in [2.05, 4.69) is 30.2 Å². The van der Waals surface area contributed by atoms with Crippen molar-refractivity contribution in [2.75, 3.05) is 11.0 Å². The molecule has 0 saturated carbocycles. The zero-order valence-corrected chi connectivity index (χ0v) is 13.0. The maximum atomic E-state index is 11.9. The van der Waals surface area contributed by atoms with E-state index in [4.69, 9.17) is 0 Å². The first-order valence-electron chi connectivity index (χ1n) is 5.90. The van der Waals surface area contributed by atoms with Crippen molar-refractivity contribution in [2.45, 2.75) is 19.4 Å². The minimum atomic E-state index is -3.36. The van der Waals surface area contributed by atoms with Gasteiger partial charge in [-0.1, -0.05) is 0 Å². The number of rotatable bonds is 6. The SMILES string of the molecule is CC(NC(=O)Cc1csc(NS(C)(=O)=O)n1)c1ncn[nH]1. The molecule has 9 nitrogen and oxygen atoms in total. The second kappa shape index (κ2) is 6.18. The van der Waals surface area contributed by atoms with Crippen molar-refractivity contribution in [3.05, 3.63) is 23.2 Å². The van der Waals surface area contributed by atoms with Crippen LogP contribution in [0.1, 0.15) is 24.5 Å². The van der Waals surface area contributed by atoms with Gasteiger partial charge in [0.25, 0.3) is 0 Å². The van der Waals surface area contributed by atoms with E-state index in [0.717, 1.165) is 17.6 Å². The Labute approximate surface area is 125 Å². The van der Waals surface area contributed by atoms with Gasteiger partial charge in [0.1, 0.15) is 12.2 Å². The fraction of sp³-hybridized carbons (Fsp3) is 0.400. The second-order valence-corrected chi connectivity index (χ2v) is 6.96. The summed E-state index contributed by atoms with van der Waals surface area (Å²) < 4.78 is 24.4. The van der Waals surface area contributed by atoms with Crippen molar-refractivity contribution in [2.24, 2.45) is 0 Å². The molecule has 114 valence electrons. The van der Waals surface area contributed by atoms with Crippen molar-refractivity contribution in [3.8, 4) is 0 Å². The number of hydrogen-bond donors (Lipinski definition) is 3. The summed E-state index contributed by atoms with van der Waals surface area (Å²) in [5, 5.41) is 11.0. The van der Waals surface area contributed by atoms with Crippen LogP contribution in [0.4, 0.5) is 5.13 Å². The Morgan fingerprint density at radius 2 is 2.29 bits per heavy atom. The highest BCUT2D eigenvalue weighted by atomic mass is 32.2. The zero-order valence-electron chi connectivity index (χ0n) is 11.3. The van der Waals surface area contributed by atoms with Crippen LogP contribution < -0.4 is 10.0 Å². The molecule has 1 atom stereocenters. The van der Waals surface area contributed by atoms with Crippen LogP contribution in [0, 0.1) is 0 Å². The van der Waals surface area contributed by atoms with Gasteiger partial charge in [0.2, 0.25) is 15.9 Å². The van der Waals surface area contributed by atoms with E-state index in [1.165, 1.54) is 6.33 Å². The van der Waals surface area contributed by atoms with Gasteiger partial charge in [0, 0.05) is 5.38 Å². The molecule has 0 aliphatic carbocycles. The summed E-state index contributed by atoms with van der Waals surface area (Å²) in [5.74, 6) is 0.316. The number of nitrogens with zero attached hydrogens (tertiary/aromatic N) is 3. The van der Waals surface area contributed by atoms with Gasteiger partial charge in [-0.25, -0.2) is 18.4 Å². The van der Waals surface area contributed by atoms with E-state index < -0.39 is 10.0 Å². The number of carbonyl (C=O) groups excluding carboxylic acids is 1. The van der Waals surface area contributed by atoms with Gasteiger partial charge in [-0.2, -0.15) is 5.10 Å². The average molecular weight is 330 g/mol. The van der Waals surface area contributed by atoms with Crippen LogP contribution in [-0.4, -0.2) is 40.7 Å². The molecule has 2 aromatic rings. The maximum absolute atomic E-state index is 11.9. The van der Waals surface area contributed by atoms with E-state index in [1.54, 1.807) is 12.3 Å². The predicted molar refractivity (Wildman–Crippen MR) is 77.2 cm³/mol. The van der Waals surface area contributed by atoms with Crippen molar-refractivity contribution < 1.29 is 13.2 Å². The topological polar surface area (TPSA) is 130 Å². The van der Waals surface area contributed by atoms with Gasteiger partial charge < -0.3 is 5.32 Å². The number of hydrogen-bond acceptors (Lipinski definition) is 7. The fourth-order valence-corrected chi connectivity index (χ4v) is 3.11. The first kappa shape index (κ1) is 15.4. The Morgan fingerprint density at radius 1 is 1.52 bits per heavy atom. The monoisotopic (exact) mass is 330 g/mol. The molecule has 0 aliphatic heterocycles. The molecule has 2 rings (SSSR count). The lowest BCUT2D eigenvalue weighted by molar-refractivity contribution is -0.121. The van der Waals surface area contributed by atoms with Crippen LogP contribution >= 0.6 is 11.3 Å². The average Bonchev–Trinajstić information content (AvgIpc) is 2.98. The molecule has 11 heteroatoms. The van der Waals surface area contributed by atoms with E-state index in [-0.39, 0.29) is 23.5 Å². The number of H-pyrrole nitrogens is 1. The molecule has 2 aromatic heterocycles. The molecule has 0 bridgehead atoms. The molecule has 0 radical (unpaired) electrons. The number of sulfonamides is 1. The largest absolute Gasteiger partial charge is 0.346 e. The smallest absolute Gasteiger partial charge is 0.231 e. The lowest BCUT2D eigenvalue weighted by atomic mass is 10.2. The Morgan fingerprint density at radius 3 is 2.90 bits per heavy atom. The van der Waals surface area contributed by atoms with Crippen LogP contribution in [0.2, 0.25) is 0 Å². The molecule has 0 aromatic carbocycles. The Hall–Kier alpha value is -2.01. The summed E-state index contributed by atoms with van der Waals surface area (Å²) in [6.45, 7) is 1.77. The minimum absolute atomic E-state index is 0.0560. The lowest BCUT2D eigenvalue weighted by Gasteiger charge is -2.09. The Balaban J connectivity index is 1.91. The molecule has 0 saturated heterocycles. The summed E-state index contributed by atoms with van der Waals surface area (Å²) in [4.78, 5) is 19.9. The molecular formula is C10H14N6O3S2. The second-order valence-electron chi connectivity index (χ2n) is 4.35. The van der Waals surface area contributed by atoms with E-state index >= 15 is 0 Å². The van der Waals surface area contributed by atoms with Gasteiger partial charge in [0.15, 0.2) is 5.13 Å². The number of thiazole rings is 1. The Kier molecular flexibility index (Phi) is 4.53. The van der Waals surface area contributed by atoms with Crippen molar-refractivity contribution >= 4 is 32.4 Å². The van der Waals surface area contributed by atoms with Crippen LogP contribution in [-0.2, 0) is 21.2 Å². The number of aromatic nitrogens is 4. The van der Waals surface area contributed by atoms with E-state index in [1.807, 2.05) is 0 Å². The quantitative estimate of drug-likeness (QED) is 0.686. The van der Waals surface area contributed by atoms with Gasteiger partial charge in [-0.3, -0.25) is 14.6 Å². The highest BCUT2D eigenvalue weighted by Crippen LogP contribution is 2.17. The third kappa shape index (κ3) is 4.79. The number of anilines is 1. The van der Waals surface area contributed by atoms with Crippen LogP contribution in [0.5, 0.6) is 0 Å². The highest BCUT2D eigenvalue weighted by molar-refractivity contribution is 7.92. The molecule has 2 heterocycles. The van der Waals surface area contributed by atoms with Crippen molar-refractivity contribution in [1.29, 1.82) is 0 Å². The summed E-state index contributed by atoms with van der Waals surface area (Å²) in [6.07, 6.45) is 2.46. The van der Waals surface area contributed by atoms with Gasteiger partial charge in [-0.15, -0.1) is 11.3 Å². The standard InChI is InChI=1S/C10H14N6O3S2/c1-6(9-11-5-12-15-9)13-8(17)3-7-4-20-10(14-7)16-21(2,18)19/h4-6H,3H2,1-2H3,(H,13,17)(H,14,16)(H,11,12,15). The third-order valence-corrected chi connectivity index (χ3v) is 3.89. The molecule has 21 heavy (non-hydrogen) atoms. The predicted octanol–water partition coefficient (Wildman–Crippen LogP) is 0.0526. The number of nitrogens with one attached hydrogen (secondary N) is 3. The zero-order chi connectivity index (χ0) is 15.5. The van der Waals surface area contributed by atoms with Crippen molar-refractivity contribution in [3.63, 3.8) is 0 Å². The Bertz CT molecular complexity index is 709. The highest BCUT2D eigenvalue weighted by Gasteiger charge is 2.14. The molecular weight excluding hydrogens is 316 g/mol. The number of amides is 1. The molecule has 1 unspecified atom stereocenters. The van der Waals surface area contributed by atoms with Gasteiger partial charge in [-0.05, 0) is 6.92 Å². The van der Waals surface area contributed by atoms with Gasteiger partial charge in [0.05, 0.1) is 24.4 Å². The van der Waals surface area contributed by atoms with E-state index in [0.29, 0.717) is 11.5 Å². The summed E-state index contributed by atoms with van der Waals surface area (Å²) in [5.41, 5.74) is 0.494. The molecule has 3 N–H and O–H groups in total. The molecule has 0 spiro atoms. The first-order valence-corrected chi connectivity index (χ1v) is 8.67. The first-order chi connectivity index (χ1) is 9.83. The van der Waals surface area contributed by atoms with Crippen LogP contribution in [0.15, 0.2) is 11.7 Å². The lowest BCUT2D eigenvalue weighted by Crippen LogP contribution is -2.28. The number of carbonyl (C=O) groups is 1. The normalized spacial score (nSPS) is 12.9. The maximum Gasteiger partial charge on any atom is 0.231 e. The summed E-state index contributed by atoms with van der Waals surface area (Å²) in [6, 6.07) is -0.299. The molecule has 1 amide bonds. The third-order valence-electron chi connectivity index (χ3n) is 2.39. The van der Waals surface area contributed by atoms with Crippen LogP contribution in [0.25, 0.3) is 0 Å². The van der Waals surface area contributed by atoms with Crippen LogP contribution in [0.3, 0.4) is 0 Å². The molecule has 0 aliphatic rings. The molecule has 0 fully saturated rings. The van der Waals surface area contributed by atoms with E-state index in [9.17, 15) is 13.2 Å².